The van der Waals surface area contributed by atoms with E-state index in [9.17, 15) is 27.6 Å². The van der Waals surface area contributed by atoms with Gasteiger partial charge in [-0.25, -0.2) is 14.8 Å². The fraction of sp³-hybridized carbons (Fsp3) is 0.464. The number of hydrogen-bond donors (Lipinski definition) is 1. The van der Waals surface area contributed by atoms with Crippen molar-refractivity contribution in [3.8, 4) is 0 Å². The Morgan fingerprint density at radius 1 is 1.05 bits per heavy atom. The number of urea groups is 1. The lowest BCUT2D eigenvalue weighted by Gasteiger charge is -2.55. The van der Waals surface area contributed by atoms with Crippen molar-refractivity contribution in [2.75, 3.05) is 19.6 Å². The van der Waals surface area contributed by atoms with Crippen molar-refractivity contribution in [3.05, 3.63) is 71.3 Å². The predicted octanol–water partition coefficient (Wildman–Crippen LogP) is 4.08. The average Bonchev–Trinajstić information content (AvgIpc) is 2.89. The van der Waals surface area contributed by atoms with E-state index in [4.69, 9.17) is 0 Å². The van der Waals surface area contributed by atoms with Crippen LogP contribution in [0.4, 0.5) is 18.0 Å². The number of nitrogens with one attached hydrogen (secondary N) is 1. The normalized spacial score (nSPS) is 20.4. The lowest BCUT2D eigenvalue weighted by Crippen LogP contribution is -2.76. The molecule has 2 saturated heterocycles. The number of hydrogen-bond acceptors (Lipinski definition) is 4. The molecule has 2 aromatic rings. The summed E-state index contributed by atoms with van der Waals surface area (Å²) in [7, 11) is 0. The average molecular weight is 546 g/mol. The number of benzene rings is 2. The van der Waals surface area contributed by atoms with Crippen LogP contribution in [0, 0.1) is 5.92 Å². The molecule has 2 aliphatic heterocycles. The van der Waals surface area contributed by atoms with E-state index >= 15 is 0 Å². The fourth-order valence-corrected chi connectivity index (χ4v) is 5.20. The van der Waals surface area contributed by atoms with Crippen molar-refractivity contribution in [2.24, 2.45) is 5.92 Å². The van der Waals surface area contributed by atoms with Crippen molar-refractivity contribution >= 4 is 17.8 Å². The smallest absolute Gasteiger partial charge is 0.333 e. The fourth-order valence-electron chi connectivity index (χ4n) is 5.20. The van der Waals surface area contributed by atoms with Crippen molar-refractivity contribution in [1.82, 2.24) is 25.1 Å². The molecule has 210 valence electrons. The third-order valence-electron chi connectivity index (χ3n) is 7.01. The summed E-state index contributed by atoms with van der Waals surface area (Å²) in [6, 6.07) is 13.0. The lowest BCUT2D eigenvalue weighted by atomic mass is 9.96. The standard InChI is InChI=1S/C28H34F3N5O3/c1-4-34-18-25(37)35-23(13-19(2)3)26(38)33(16-21-11-8-12-22(14-21)28(29,30)31)17-24(35)36(34)27(39)32-15-20-9-6-5-7-10-20/h5-12,14,19,23-24H,4,13,15-18H2,1-3H3,(H,32,39)/t23-,24-/m0/s1. The number of halogens is 3. The Kier molecular flexibility index (Phi) is 8.48. The Balaban J connectivity index is 1.65. The van der Waals surface area contributed by atoms with Crippen molar-refractivity contribution in [2.45, 2.75) is 58.7 Å². The molecule has 0 unspecified atom stereocenters. The van der Waals surface area contributed by atoms with Gasteiger partial charge in [0.1, 0.15) is 12.2 Å². The monoisotopic (exact) mass is 545 g/mol. The Hall–Kier alpha value is -3.60. The summed E-state index contributed by atoms with van der Waals surface area (Å²) in [5.74, 6) is -0.530. The molecule has 0 aliphatic carbocycles. The predicted molar refractivity (Wildman–Crippen MR) is 139 cm³/mol. The highest BCUT2D eigenvalue weighted by Crippen LogP contribution is 2.32. The molecule has 2 fully saturated rings. The van der Waals surface area contributed by atoms with Gasteiger partial charge < -0.3 is 15.1 Å². The summed E-state index contributed by atoms with van der Waals surface area (Å²) in [5, 5.41) is 6.05. The van der Waals surface area contributed by atoms with Crippen LogP contribution in [0.25, 0.3) is 0 Å². The lowest BCUT2D eigenvalue weighted by molar-refractivity contribution is -0.191. The number of likely N-dealkylation sites (N-methyl/N-ethyl adjacent to an activating group) is 1. The maximum atomic E-state index is 13.7. The van der Waals surface area contributed by atoms with Crippen LogP contribution in [0.15, 0.2) is 54.6 Å². The maximum Gasteiger partial charge on any atom is 0.416 e. The first-order valence-electron chi connectivity index (χ1n) is 13.1. The summed E-state index contributed by atoms with van der Waals surface area (Å²) >= 11 is 0. The summed E-state index contributed by atoms with van der Waals surface area (Å²) in [5.41, 5.74) is 0.433. The number of alkyl halides is 3. The van der Waals surface area contributed by atoms with Crippen molar-refractivity contribution < 1.29 is 27.6 Å². The van der Waals surface area contributed by atoms with Crippen molar-refractivity contribution in [3.63, 3.8) is 0 Å². The molecule has 2 atom stereocenters. The van der Waals surface area contributed by atoms with E-state index in [1.54, 1.807) is 11.1 Å². The molecular weight excluding hydrogens is 511 g/mol. The molecule has 4 rings (SSSR count). The number of fused-ring (bicyclic) bond motifs is 1. The molecule has 39 heavy (non-hydrogen) atoms. The van der Waals surface area contributed by atoms with Gasteiger partial charge in [0.25, 0.3) is 0 Å². The molecule has 0 bridgehead atoms. The highest BCUT2D eigenvalue weighted by Gasteiger charge is 2.51. The van der Waals surface area contributed by atoms with Gasteiger partial charge in [-0.15, -0.1) is 0 Å². The second-order valence-electron chi connectivity index (χ2n) is 10.3. The van der Waals surface area contributed by atoms with Gasteiger partial charge in [-0.2, -0.15) is 13.2 Å². The van der Waals surface area contributed by atoms with Gasteiger partial charge in [-0.3, -0.25) is 9.59 Å². The zero-order valence-electron chi connectivity index (χ0n) is 22.3. The molecule has 0 spiro atoms. The van der Waals surface area contributed by atoms with Gasteiger partial charge in [0.15, 0.2) is 0 Å². The molecule has 0 aromatic heterocycles. The van der Waals surface area contributed by atoms with E-state index in [1.807, 2.05) is 51.1 Å². The SMILES string of the molecule is CCN1CC(=O)N2[C@@H](CC(C)C)C(=O)N(Cc3cccc(C(F)(F)F)c3)C[C@@H]2N1C(=O)NCc1ccccc1. The van der Waals surface area contributed by atoms with Crippen LogP contribution in [0.3, 0.4) is 0 Å². The second kappa shape index (κ2) is 11.6. The topological polar surface area (TPSA) is 76.2 Å². The molecule has 8 nitrogen and oxygen atoms in total. The van der Waals surface area contributed by atoms with Crippen LogP contribution >= 0.6 is 0 Å². The molecule has 2 heterocycles. The molecule has 1 N–H and O–H groups in total. The minimum absolute atomic E-state index is 0.0231. The van der Waals surface area contributed by atoms with E-state index in [0.29, 0.717) is 18.5 Å². The molecule has 0 saturated carbocycles. The van der Waals surface area contributed by atoms with Gasteiger partial charge in [0.05, 0.1) is 18.7 Å². The van der Waals surface area contributed by atoms with Gasteiger partial charge in [0.2, 0.25) is 11.8 Å². The molecule has 2 aromatic carbocycles. The van der Waals surface area contributed by atoms with Crippen LogP contribution < -0.4 is 5.32 Å². The molecule has 4 amide bonds. The number of rotatable bonds is 7. The highest BCUT2D eigenvalue weighted by atomic mass is 19.4. The van der Waals surface area contributed by atoms with E-state index in [0.717, 1.165) is 17.7 Å². The van der Waals surface area contributed by atoms with E-state index < -0.39 is 30.0 Å². The number of amides is 4. The van der Waals surface area contributed by atoms with Gasteiger partial charge >= 0.3 is 12.2 Å². The molecule has 0 radical (unpaired) electrons. The third kappa shape index (κ3) is 6.35. The number of carbonyl (C=O) groups excluding carboxylic acids is 3. The second-order valence-corrected chi connectivity index (χ2v) is 10.3. The largest absolute Gasteiger partial charge is 0.416 e. The minimum Gasteiger partial charge on any atom is -0.333 e. The zero-order valence-corrected chi connectivity index (χ0v) is 22.3. The van der Waals surface area contributed by atoms with Crippen LogP contribution in [-0.2, 0) is 28.9 Å². The van der Waals surface area contributed by atoms with Crippen molar-refractivity contribution in [1.29, 1.82) is 0 Å². The van der Waals surface area contributed by atoms with Crippen LogP contribution in [0.5, 0.6) is 0 Å². The third-order valence-corrected chi connectivity index (χ3v) is 7.01. The molecule has 11 heteroatoms. The minimum atomic E-state index is -4.51. The van der Waals surface area contributed by atoms with E-state index in [2.05, 4.69) is 5.32 Å². The maximum absolute atomic E-state index is 13.7. The molecule has 2 aliphatic rings. The quantitative estimate of drug-likeness (QED) is 0.569. The summed E-state index contributed by atoms with van der Waals surface area (Å²) in [6.45, 7) is 6.21. The van der Waals surface area contributed by atoms with Crippen LogP contribution in [0.1, 0.15) is 43.9 Å². The highest BCUT2D eigenvalue weighted by molar-refractivity contribution is 5.91. The number of hydrazine groups is 1. The number of nitrogens with zero attached hydrogens (tertiary/aromatic N) is 4. The zero-order chi connectivity index (χ0) is 28.3. The molecular formula is C28H34F3N5O3. The van der Waals surface area contributed by atoms with Crippen LogP contribution in [0.2, 0.25) is 0 Å². The Labute approximate surface area is 226 Å². The van der Waals surface area contributed by atoms with E-state index in [1.165, 1.54) is 20.9 Å². The van der Waals surface area contributed by atoms with E-state index in [-0.39, 0.29) is 43.9 Å². The Bertz CT molecular complexity index is 1190. The first-order valence-corrected chi connectivity index (χ1v) is 13.1. The van der Waals surface area contributed by atoms with Gasteiger partial charge in [-0.1, -0.05) is 63.2 Å². The summed E-state index contributed by atoms with van der Waals surface area (Å²) in [6.07, 6.45) is -4.94. The summed E-state index contributed by atoms with van der Waals surface area (Å²) in [4.78, 5) is 43.5. The Morgan fingerprint density at radius 3 is 2.38 bits per heavy atom. The van der Waals surface area contributed by atoms with Crippen LogP contribution in [-0.4, -0.2) is 69.5 Å². The Morgan fingerprint density at radius 2 is 1.74 bits per heavy atom. The van der Waals surface area contributed by atoms with Gasteiger partial charge in [-0.05, 0) is 35.6 Å². The first kappa shape index (κ1) is 28.4. The first-order chi connectivity index (χ1) is 18.5. The summed E-state index contributed by atoms with van der Waals surface area (Å²) < 4.78 is 40.0. The number of carbonyl (C=O) groups is 3. The number of piperazine rings is 1. The van der Waals surface area contributed by atoms with Gasteiger partial charge in [0, 0.05) is 19.6 Å².